The van der Waals surface area contributed by atoms with Gasteiger partial charge in [0.2, 0.25) is 0 Å². The van der Waals surface area contributed by atoms with E-state index < -0.39 is 0 Å². The fourth-order valence-electron chi connectivity index (χ4n) is 1.60. The van der Waals surface area contributed by atoms with Crippen LogP contribution in [0.3, 0.4) is 0 Å². The maximum absolute atomic E-state index is 5.49. The number of ether oxygens (including phenoxy) is 1. The van der Waals surface area contributed by atoms with Crippen LogP contribution >= 0.6 is 0 Å². The summed E-state index contributed by atoms with van der Waals surface area (Å²) in [6.45, 7) is 3.78. The topological polar surface area (TPSA) is 61.0 Å². The minimum absolute atomic E-state index is 0.397. The first-order chi connectivity index (χ1) is 6.31. The van der Waals surface area contributed by atoms with E-state index >= 15 is 0 Å². The monoisotopic (exact) mass is 179 g/mol. The van der Waals surface area contributed by atoms with Crippen LogP contribution < -0.4 is 5.73 Å². The Morgan fingerprint density at radius 3 is 3.08 bits per heavy atom. The summed E-state index contributed by atoms with van der Waals surface area (Å²) in [7, 11) is 0. The molecule has 4 nitrogen and oxygen atoms in total. The molecule has 0 bridgehead atoms. The highest BCUT2D eigenvalue weighted by atomic mass is 16.5. The Balaban J connectivity index is 2.47. The number of aryl methyl sites for hydroxylation is 1. The van der Waals surface area contributed by atoms with E-state index in [1.165, 1.54) is 5.56 Å². The zero-order chi connectivity index (χ0) is 9.26. The molecule has 1 aliphatic rings. The van der Waals surface area contributed by atoms with E-state index in [0.717, 1.165) is 24.4 Å². The lowest BCUT2D eigenvalue weighted by atomic mass is 10.1. The molecular weight excluding hydrogens is 166 g/mol. The van der Waals surface area contributed by atoms with Crippen molar-refractivity contribution in [2.75, 3.05) is 6.61 Å². The second kappa shape index (κ2) is 3.40. The van der Waals surface area contributed by atoms with Gasteiger partial charge in [0, 0.05) is 5.69 Å². The van der Waals surface area contributed by atoms with E-state index in [4.69, 9.17) is 10.5 Å². The van der Waals surface area contributed by atoms with Crippen molar-refractivity contribution in [3.05, 3.63) is 22.8 Å². The number of aromatic nitrogens is 2. The van der Waals surface area contributed by atoms with Gasteiger partial charge in [-0.1, -0.05) is 0 Å². The van der Waals surface area contributed by atoms with Gasteiger partial charge in [-0.3, -0.25) is 0 Å². The standard InChI is InChI=1S/C9H13N3O/c1-6-7-2-3-13-5-8(7)12-9(4-10)11-6/h2-5,10H2,1H3. The maximum Gasteiger partial charge on any atom is 0.142 e. The molecule has 13 heavy (non-hydrogen) atoms. The molecule has 2 N–H and O–H groups in total. The first kappa shape index (κ1) is 8.59. The van der Waals surface area contributed by atoms with Gasteiger partial charge in [-0.25, -0.2) is 9.97 Å². The summed E-state index contributed by atoms with van der Waals surface area (Å²) in [6, 6.07) is 0. The third-order valence-electron chi connectivity index (χ3n) is 2.26. The Hall–Kier alpha value is -1.00. The summed E-state index contributed by atoms with van der Waals surface area (Å²) in [5.41, 5.74) is 8.79. The van der Waals surface area contributed by atoms with Crippen molar-refractivity contribution in [2.45, 2.75) is 26.5 Å². The third kappa shape index (κ3) is 1.55. The zero-order valence-electron chi connectivity index (χ0n) is 7.71. The van der Waals surface area contributed by atoms with Crippen LogP contribution in [-0.2, 0) is 24.3 Å². The number of hydrogen-bond donors (Lipinski definition) is 1. The molecule has 4 heteroatoms. The van der Waals surface area contributed by atoms with Crippen LogP contribution in [-0.4, -0.2) is 16.6 Å². The average Bonchev–Trinajstić information content (AvgIpc) is 2.18. The number of rotatable bonds is 1. The van der Waals surface area contributed by atoms with E-state index in [-0.39, 0.29) is 0 Å². The van der Waals surface area contributed by atoms with Crippen LogP contribution in [0.4, 0.5) is 0 Å². The molecule has 0 radical (unpaired) electrons. The molecule has 1 aliphatic heterocycles. The van der Waals surface area contributed by atoms with Gasteiger partial charge in [0.25, 0.3) is 0 Å². The highest BCUT2D eigenvalue weighted by Gasteiger charge is 2.14. The van der Waals surface area contributed by atoms with Gasteiger partial charge in [-0.05, 0) is 18.9 Å². The SMILES string of the molecule is Cc1nc(CN)nc2c1CCOC2. The molecule has 1 aromatic rings. The summed E-state index contributed by atoms with van der Waals surface area (Å²) in [5.74, 6) is 0.710. The molecule has 0 unspecified atom stereocenters. The molecule has 0 saturated carbocycles. The lowest BCUT2D eigenvalue weighted by Gasteiger charge is -2.17. The van der Waals surface area contributed by atoms with Crippen LogP contribution in [0.2, 0.25) is 0 Å². The van der Waals surface area contributed by atoms with Gasteiger partial charge in [0.15, 0.2) is 0 Å². The normalized spacial score (nSPS) is 15.5. The Kier molecular flexibility index (Phi) is 2.24. The lowest BCUT2D eigenvalue weighted by Crippen LogP contribution is -2.17. The van der Waals surface area contributed by atoms with E-state index in [0.29, 0.717) is 19.0 Å². The minimum Gasteiger partial charge on any atom is -0.375 e. The Morgan fingerprint density at radius 1 is 1.46 bits per heavy atom. The molecule has 0 amide bonds. The van der Waals surface area contributed by atoms with Gasteiger partial charge >= 0.3 is 0 Å². The van der Waals surface area contributed by atoms with Crippen molar-refractivity contribution in [3.63, 3.8) is 0 Å². The van der Waals surface area contributed by atoms with E-state index in [2.05, 4.69) is 9.97 Å². The highest BCUT2D eigenvalue weighted by Crippen LogP contribution is 2.17. The van der Waals surface area contributed by atoms with Gasteiger partial charge in [-0.15, -0.1) is 0 Å². The van der Waals surface area contributed by atoms with Gasteiger partial charge in [-0.2, -0.15) is 0 Å². The number of fused-ring (bicyclic) bond motifs is 1. The molecule has 0 aromatic carbocycles. The third-order valence-corrected chi connectivity index (χ3v) is 2.26. The largest absolute Gasteiger partial charge is 0.375 e. The molecule has 1 aromatic heterocycles. The smallest absolute Gasteiger partial charge is 0.142 e. The summed E-state index contributed by atoms with van der Waals surface area (Å²) >= 11 is 0. The number of hydrogen-bond acceptors (Lipinski definition) is 4. The highest BCUT2D eigenvalue weighted by molar-refractivity contribution is 5.26. The Morgan fingerprint density at radius 2 is 2.31 bits per heavy atom. The molecule has 2 rings (SSSR count). The molecule has 0 atom stereocenters. The Bertz CT molecular complexity index is 325. The lowest BCUT2D eigenvalue weighted by molar-refractivity contribution is 0.106. The van der Waals surface area contributed by atoms with Gasteiger partial charge in [0.05, 0.1) is 25.5 Å². The van der Waals surface area contributed by atoms with Crippen LogP contribution in [0.15, 0.2) is 0 Å². The van der Waals surface area contributed by atoms with E-state index in [1.54, 1.807) is 0 Å². The number of nitrogens with two attached hydrogens (primary N) is 1. The number of nitrogens with zero attached hydrogens (tertiary/aromatic N) is 2. The summed E-state index contributed by atoms with van der Waals surface area (Å²) in [5, 5.41) is 0. The summed E-state index contributed by atoms with van der Waals surface area (Å²) < 4.78 is 5.32. The zero-order valence-corrected chi connectivity index (χ0v) is 7.71. The molecule has 70 valence electrons. The quantitative estimate of drug-likeness (QED) is 0.674. The van der Waals surface area contributed by atoms with E-state index in [9.17, 15) is 0 Å². The molecule has 0 fully saturated rings. The summed E-state index contributed by atoms with van der Waals surface area (Å²) in [4.78, 5) is 8.64. The minimum atomic E-state index is 0.397. The first-order valence-electron chi connectivity index (χ1n) is 4.44. The average molecular weight is 179 g/mol. The fourth-order valence-corrected chi connectivity index (χ4v) is 1.60. The van der Waals surface area contributed by atoms with Gasteiger partial charge in [0.1, 0.15) is 5.82 Å². The van der Waals surface area contributed by atoms with Gasteiger partial charge < -0.3 is 10.5 Å². The van der Waals surface area contributed by atoms with Crippen molar-refractivity contribution < 1.29 is 4.74 Å². The second-order valence-electron chi connectivity index (χ2n) is 3.16. The summed E-state index contributed by atoms with van der Waals surface area (Å²) in [6.07, 6.45) is 0.923. The van der Waals surface area contributed by atoms with Crippen molar-refractivity contribution in [3.8, 4) is 0 Å². The van der Waals surface area contributed by atoms with Crippen LogP contribution in [0, 0.1) is 6.92 Å². The van der Waals surface area contributed by atoms with Crippen molar-refractivity contribution >= 4 is 0 Å². The van der Waals surface area contributed by atoms with Crippen LogP contribution in [0.5, 0.6) is 0 Å². The maximum atomic E-state index is 5.49. The molecule has 0 spiro atoms. The van der Waals surface area contributed by atoms with Crippen molar-refractivity contribution in [2.24, 2.45) is 5.73 Å². The Labute approximate surface area is 77.1 Å². The van der Waals surface area contributed by atoms with Crippen molar-refractivity contribution in [1.29, 1.82) is 0 Å². The molecule has 0 saturated heterocycles. The van der Waals surface area contributed by atoms with Crippen LogP contribution in [0.25, 0.3) is 0 Å². The molecule has 0 aliphatic carbocycles. The van der Waals surface area contributed by atoms with Crippen LogP contribution in [0.1, 0.15) is 22.8 Å². The molecular formula is C9H13N3O. The predicted octanol–water partition coefficient (Wildman–Crippen LogP) is 0.316. The first-order valence-corrected chi connectivity index (χ1v) is 4.44. The second-order valence-corrected chi connectivity index (χ2v) is 3.16. The molecule has 2 heterocycles. The van der Waals surface area contributed by atoms with E-state index in [1.807, 2.05) is 6.92 Å². The fraction of sp³-hybridized carbons (Fsp3) is 0.556. The predicted molar refractivity (Wildman–Crippen MR) is 48.0 cm³/mol. The van der Waals surface area contributed by atoms with Crippen molar-refractivity contribution in [1.82, 2.24) is 9.97 Å².